The highest BCUT2D eigenvalue weighted by Crippen LogP contribution is 2.40. The van der Waals surface area contributed by atoms with Crippen molar-refractivity contribution in [2.45, 2.75) is 76.9 Å². The van der Waals surface area contributed by atoms with E-state index in [2.05, 4.69) is 33.9 Å². The third-order valence-corrected chi connectivity index (χ3v) is 7.49. The van der Waals surface area contributed by atoms with Gasteiger partial charge in [-0.25, -0.2) is 4.98 Å². The van der Waals surface area contributed by atoms with Gasteiger partial charge in [-0.1, -0.05) is 19.8 Å². The molecule has 1 saturated heterocycles. The molecule has 0 spiro atoms. The minimum absolute atomic E-state index is 0.132. The van der Waals surface area contributed by atoms with Crippen molar-refractivity contribution in [2.75, 3.05) is 41.8 Å². The van der Waals surface area contributed by atoms with Gasteiger partial charge in [0.15, 0.2) is 5.82 Å². The summed E-state index contributed by atoms with van der Waals surface area (Å²) in [6.07, 6.45) is 9.22. The molecule has 2 amide bonds. The van der Waals surface area contributed by atoms with Crippen molar-refractivity contribution in [3.8, 4) is 0 Å². The number of nitrogens with one attached hydrogen (secondary N) is 1. The molecule has 2 fully saturated rings. The van der Waals surface area contributed by atoms with Crippen molar-refractivity contribution in [2.24, 2.45) is 11.7 Å². The average molecular weight is 444 g/mol. The quantitative estimate of drug-likeness (QED) is 0.663. The molecule has 0 aromatic carbocycles. The van der Waals surface area contributed by atoms with E-state index in [-0.39, 0.29) is 23.9 Å². The maximum atomic E-state index is 13.0. The number of carbonyl (C=O) groups is 2. The number of aromatic nitrogens is 2. The lowest BCUT2D eigenvalue weighted by Gasteiger charge is -2.43. The monoisotopic (exact) mass is 443 g/mol. The number of carbonyl (C=O) groups excluding carboxylic acids is 2. The summed E-state index contributed by atoms with van der Waals surface area (Å²) in [7, 11) is 1.83. The number of amides is 2. The number of nitrogens with zero attached hydrogens (tertiary/aromatic N) is 5. The van der Waals surface area contributed by atoms with Crippen LogP contribution in [0, 0.1) is 5.92 Å². The van der Waals surface area contributed by atoms with Crippen LogP contribution in [-0.4, -0.2) is 71.5 Å². The number of likely N-dealkylation sites (N-methyl/N-ethyl adjacent to an activating group) is 1. The number of rotatable bonds is 7. The van der Waals surface area contributed by atoms with Crippen LogP contribution in [0.25, 0.3) is 0 Å². The zero-order valence-electron chi connectivity index (χ0n) is 19.6. The molecule has 0 unspecified atom stereocenters. The van der Waals surface area contributed by atoms with E-state index < -0.39 is 0 Å². The largest absolute Gasteiger partial charge is 0.369 e. The Morgan fingerprint density at radius 2 is 1.94 bits per heavy atom. The summed E-state index contributed by atoms with van der Waals surface area (Å²) >= 11 is 0. The van der Waals surface area contributed by atoms with Gasteiger partial charge >= 0.3 is 0 Å². The number of nitrogens with two attached hydrogens (primary N) is 1. The van der Waals surface area contributed by atoms with Gasteiger partial charge in [0.05, 0.1) is 12.7 Å². The molecule has 1 saturated carbocycles. The first-order valence-corrected chi connectivity index (χ1v) is 12.1. The summed E-state index contributed by atoms with van der Waals surface area (Å²) in [4.78, 5) is 39.8. The Hall–Kier alpha value is -2.42. The van der Waals surface area contributed by atoms with Crippen LogP contribution in [0.1, 0.15) is 58.8 Å². The van der Waals surface area contributed by atoms with Crippen molar-refractivity contribution in [1.29, 1.82) is 0 Å². The number of fused-ring (bicyclic) bond motifs is 1. The van der Waals surface area contributed by atoms with E-state index in [0.717, 1.165) is 56.7 Å². The van der Waals surface area contributed by atoms with Crippen LogP contribution in [-0.2, 0) is 9.59 Å². The summed E-state index contributed by atoms with van der Waals surface area (Å²) < 4.78 is 0. The van der Waals surface area contributed by atoms with Gasteiger partial charge in [0.25, 0.3) is 0 Å². The van der Waals surface area contributed by atoms with Gasteiger partial charge < -0.3 is 20.9 Å². The molecular weight excluding hydrogens is 406 g/mol. The van der Waals surface area contributed by atoms with E-state index in [1.165, 1.54) is 12.8 Å². The molecule has 2 aliphatic heterocycles. The van der Waals surface area contributed by atoms with Gasteiger partial charge in [-0.3, -0.25) is 14.5 Å². The fraction of sp³-hybridized carbons (Fsp3) is 0.739. The number of piperidine rings is 1. The summed E-state index contributed by atoms with van der Waals surface area (Å²) in [5.74, 6) is 1.85. The summed E-state index contributed by atoms with van der Waals surface area (Å²) in [6, 6.07) is 0.421. The summed E-state index contributed by atoms with van der Waals surface area (Å²) in [5, 5.41) is 3.52. The van der Waals surface area contributed by atoms with E-state index in [9.17, 15) is 9.59 Å². The van der Waals surface area contributed by atoms with Gasteiger partial charge in [-0.2, -0.15) is 4.98 Å². The number of primary amides is 1. The second-order valence-corrected chi connectivity index (χ2v) is 9.58. The van der Waals surface area contributed by atoms with E-state index >= 15 is 0 Å². The van der Waals surface area contributed by atoms with Gasteiger partial charge in [0.2, 0.25) is 17.8 Å². The summed E-state index contributed by atoms with van der Waals surface area (Å²) in [6.45, 7) is 6.35. The SMILES string of the molecule is CC[C@@H]1C(=O)N(C)c2cnc(N[C@@H](C)C3CCN(CC(N)=O)CC3)nc2N1C1CCCC1. The second-order valence-electron chi connectivity index (χ2n) is 9.58. The molecule has 4 rings (SSSR count). The number of anilines is 3. The zero-order chi connectivity index (χ0) is 22.8. The van der Waals surface area contributed by atoms with Crippen LogP contribution >= 0.6 is 0 Å². The molecule has 9 heteroatoms. The first-order valence-electron chi connectivity index (χ1n) is 12.1. The normalized spacial score (nSPS) is 24.0. The van der Waals surface area contributed by atoms with Crippen molar-refractivity contribution in [3.05, 3.63) is 6.20 Å². The van der Waals surface area contributed by atoms with Crippen molar-refractivity contribution in [3.63, 3.8) is 0 Å². The minimum Gasteiger partial charge on any atom is -0.369 e. The smallest absolute Gasteiger partial charge is 0.249 e. The van der Waals surface area contributed by atoms with Crippen LogP contribution in [0.15, 0.2) is 6.20 Å². The zero-order valence-corrected chi connectivity index (χ0v) is 19.6. The molecule has 1 aromatic rings. The topological polar surface area (TPSA) is 108 Å². The third-order valence-electron chi connectivity index (χ3n) is 7.49. The van der Waals surface area contributed by atoms with Gasteiger partial charge in [-0.15, -0.1) is 0 Å². The highest BCUT2D eigenvalue weighted by molar-refractivity contribution is 6.04. The van der Waals surface area contributed by atoms with Crippen molar-refractivity contribution >= 4 is 29.3 Å². The lowest BCUT2D eigenvalue weighted by Crippen LogP contribution is -2.55. The molecule has 0 radical (unpaired) electrons. The van der Waals surface area contributed by atoms with Gasteiger partial charge in [0.1, 0.15) is 11.7 Å². The van der Waals surface area contributed by atoms with E-state index in [1.807, 2.05) is 7.05 Å². The first-order chi connectivity index (χ1) is 15.4. The number of hydrogen-bond acceptors (Lipinski definition) is 7. The molecule has 3 heterocycles. The maximum Gasteiger partial charge on any atom is 0.249 e. The summed E-state index contributed by atoms with van der Waals surface area (Å²) in [5.41, 5.74) is 6.13. The fourth-order valence-electron chi connectivity index (χ4n) is 5.61. The Labute approximate surface area is 190 Å². The molecule has 0 bridgehead atoms. The van der Waals surface area contributed by atoms with Crippen LogP contribution in [0.2, 0.25) is 0 Å². The Morgan fingerprint density at radius 1 is 1.25 bits per heavy atom. The van der Waals surface area contributed by atoms with Gasteiger partial charge in [-0.05, 0) is 58.0 Å². The van der Waals surface area contributed by atoms with Gasteiger partial charge in [0, 0.05) is 19.1 Å². The molecule has 1 aromatic heterocycles. The lowest BCUT2D eigenvalue weighted by molar-refractivity contribution is -0.120. The second kappa shape index (κ2) is 9.60. The van der Waals surface area contributed by atoms with Crippen LogP contribution < -0.4 is 20.9 Å². The molecule has 1 aliphatic carbocycles. The lowest BCUT2D eigenvalue weighted by atomic mass is 9.90. The van der Waals surface area contributed by atoms with Crippen molar-refractivity contribution in [1.82, 2.24) is 14.9 Å². The Morgan fingerprint density at radius 3 is 2.56 bits per heavy atom. The van der Waals surface area contributed by atoms with E-state index in [4.69, 9.17) is 10.7 Å². The first kappa shape index (κ1) is 22.8. The third kappa shape index (κ3) is 4.53. The Balaban J connectivity index is 1.50. The highest BCUT2D eigenvalue weighted by atomic mass is 16.2. The predicted octanol–water partition coefficient (Wildman–Crippen LogP) is 1.98. The van der Waals surface area contributed by atoms with Crippen molar-refractivity contribution < 1.29 is 9.59 Å². The predicted molar refractivity (Wildman–Crippen MR) is 126 cm³/mol. The fourth-order valence-corrected chi connectivity index (χ4v) is 5.61. The maximum absolute atomic E-state index is 13.0. The molecule has 176 valence electrons. The average Bonchev–Trinajstić information content (AvgIpc) is 3.30. The number of likely N-dealkylation sites (tertiary alicyclic amines) is 1. The molecule has 2 atom stereocenters. The van der Waals surface area contributed by atoms with Crippen LogP contribution in [0.4, 0.5) is 17.5 Å². The van der Waals surface area contributed by atoms with Crippen LogP contribution in [0.5, 0.6) is 0 Å². The molecular formula is C23H37N7O2. The Kier molecular flexibility index (Phi) is 6.83. The van der Waals surface area contributed by atoms with Crippen LogP contribution in [0.3, 0.4) is 0 Å². The van der Waals surface area contributed by atoms with E-state index in [1.54, 1.807) is 11.1 Å². The highest BCUT2D eigenvalue weighted by Gasteiger charge is 2.41. The van der Waals surface area contributed by atoms with E-state index in [0.29, 0.717) is 24.5 Å². The molecule has 3 aliphatic rings. The standard InChI is InChI=1S/C23H37N7O2/c1-4-18-22(32)28(3)19-13-25-23(27-21(19)30(18)17-7-5-6-8-17)26-15(2)16-9-11-29(12-10-16)14-20(24)31/h13,15-18H,4-12,14H2,1-3H3,(H2,24,31)(H,25,26,27)/t15-,18+/m0/s1. The molecule has 32 heavy (non-hydrogen) atoms. The molecule has 3 N–H and O–H groups in total. The molecule has 9 nitrogen and oxygen atoms in total. The number of hydrogen-bond donors (Lipinski definition) is 2. The minimum atomic E-state index is -0.266. The Bertz CT molecular complexity index is 834.